The fourth-order valence-electron chi connectivity index (χ4n) is 2.28. The van der Waals surface area contributed by atoms with E-state index in [-0.39, 0.29) is 0 Å². The average molecular weight is 286 g/mol. The Morgan fingerprint density at radius 3 is 2.89 bits per heavy atom. The molecule has 3 unspecified atom stereocenters. The van der Waals surface area contributed by atoms with Crippen LogP contribution >= 0.6 is 23.5 Å². The van der Waals surface area contributed by atoms with Crippen molar-refractivity contribution in [1.29, 1.82) is 0 Å². The maximum atomic E-state index is 4.08. The molecule has 1 fully saturated rings. The summed E-state index contributed by atoms with van der Waals surface area (Å²) >= 11 is 4.16. The van der Waals surface area contributed by atoms with Crippen LogP contribution in [0.4, 0.5) is 0 Å². The van der Waals surface area contributed by atoms with Gasteiger partial charge in [0.15, 0.2) is 0 Å². The van der Waals surface area contributed by atoms with Crippen molar-refractivity contribution >= 4 is 23.5 Å². The molecule has 0 aliphatic carbocycles. The summed E-state index contributed by atoms with van der Waals surface area (Å²) in [6.45, 7) is 5.59. The SMILES string of the molecule is CCCNC(c1cnnn1C)C1SCCSC1C. The Hall–Kier alpha value is -0.200. The Bertz CT molecular complexity index is 369. The lowest BCUT2D eigenvalue weighted by atomic mass is 10.1. The first-order valence-electron chi connectivity index (χ1n) is 6.55. The van der Waals surface area contributed by atoms with E-state index in [1.807, 2.05) is 17.9 Å². The van der Waals surface area contributed by atoms with E-state index in [0.717, 1.165) is 13.0 Å². The molecule has 0 amide bonds. The summed E-state index contributed by atoms with van der Waals surface area (Å²) < 4.78 is 1.90. The Morgan fingerprint density at radius 2 is 2.28 bits per heavy atom. The average Bonchev–Trinajstić information content (AvgIpc) is 2.78. The van der Waals surface area contributed by atoms with Gasteiger partial charge in [0.05, 0.1) is 17.9 Å². The van der Waals surface area contributed by atoms with Gasteiger partial charge in [-0.15, -0.1) is 5.10 Å². The summed E-state index contributed by atoms with van der Waals surface area (Å²) in [5, 5.41) is 13.1. The molecule has 1 aliphatic heterocycles. The summed E-state index contributed by atoms with van der Waals surface area (Å²) in [6, 6.07) is 0.359. The van der Waals surface area contributed by atoms with Crippen LogP contribution in [0.5, 0.6) is 0 Å². The number of thioether (sulfide) groups is 2. The van der Waals surface area contributed by atoms with E-state index in [9.17, 15) is 0 Å². The molecule has 0 spiro atoms. The number of nitrogens with one attached hydrogen (secondary N) is 1. The van der Waals surface area contributed by atoms with Crippen molar-refractivity contribution < 1.29 is 0 Å². The zero-order valence-corrected chi connectivity index (χ0v) is 12.9. The number of hydrogen-bond acceptors (Lipinski definition) is 5. The van der Waals surface area contributed by atoms with E-state index in [1.165, 1.54) is 17.2 Å². The standard InChI is InChI=1S/C12H22N4S2/c1-4-5-13-11(10-8-14-15-16(10)3)12-9(2)17-6-7-18-12/h8-9,11-13H,4-7H2,1-3H3. The normalized spacial score (nSPS) is 26.2. The van der Waals surface area contributed by atoms with Gasteiger partial charge in [0.1, 0.15) is 0 Å². The predicted octanol–water partition coefficient (Wildman–Crippen LogP) is 2.09. The molecule has 4 nitrogen and oxygen atoms in total. The zero-order chi connectivity index (χ0) is 13.0. The molecule has 1 aromatic heterocycles. The molecular weight excluding hydrogens is 264 g/mol. The van der Waals surface area contributed by atoms with E-state index >= 15 is 0 Å². The van der Waals surface area contributed by atoms with Gasteiger partial charge in [-0.3, -0.25) is 4.68 Å². The molecule has 0 radical (unpaired) electrons. The lowest BCUT2D eigenvalue weighted by molar-refractivity contribution is 0.476. The van der Waals surface area contributed by atoms with Crippen LogP contribution in [0.1, 0.15) is 32.0 Å². The quantitative estimate of drug-likeness (QED) is 0.898. The van der Waals surface area contributed by atoms with E-state index < -0.39 is 0 Å². The molecule has 0 bridgehead atoms. The van der Waals surface area contributed by atoms with Gasteiger partial charge in [-0.05, 0) is 13.0 Å². The molecule has 1 aliphatic rings. The number of nitrogens with zero attached hydrogens (tertiary/aromatic N) is 3. The highest BCUT2D eigenvalue weighted by atomic mass is 32.2. The van der Waals surface area contributed by atoms with Gasteiger partial charge in [0, 0.05) is 29.1 Å². The molecule has 6 heteroatoms. The minimum atomic E-state index is 0.359. The lowest BCUT2D eigenvalue weighted by Crippen LogP contribution is -2.39. The highest BCUT2D eigenvalue weighted by Gasteiger charge is 2.32. The second kappa shape index (κ2) is 6.82. The summed E-state index contributed by atoms with van der Waals surface area (Å²) in [5.41, 5.74) is 1.20. The Kier molecular flexibility index (Phi) is 5.38. The maximum absolute atomic E-state index is 4.08. The van der Waals surface area contributed by atoms with E-state index in [4.69, 9.17) is 0 Å². The smallest absolute Gasteiger partial charge is 0.0764 e. The Morgan fingerprint density at radius 1 is 1.50 bits per heavy atom. The summed E-state index contributed by atoms with van der Waals surface area (Å²) in [4.78, 5) is 0. The second-order valence-electron chi connectivity index (χ2n) is 4.63. The van der Waals surface area contributed by atoms with Crippen LogP contribution in [-0.4, -0.2) is 43.5 Å². The van der Waals surface area contributed by atoms with Gasteiger partial charge in [0.2, 0.25) is 0 Å². The zero-order valence-electron chi connectivity index (χ0n) is 11.3. The van der Waals surface area contributed by atoms with Crippen molar-refractivity contribution in [3.8, 4) is 0 Å². The topological polar surface area (TPSA) is 42.7 Å². The third kappa shape index (κ3) is 3.22. The van der Waals surface area contributed by atoms with Crippen molar-refractivity contribution in [2.24, 2.45) is 7.05 Å². The number of aromatic nitrogens is 3. The van der Waals surface area contributed by atoms with Gasteiger partial charge in [-0.25, -0.2) is 0 Å². The van der Waals surface area contributed by atoms with Crippen LogP contribution < -0.4 is 5.32 Å². The van der Waals surface area contributed by atoms with Crippen LogP contribution in [0.3, 0.4) is 0 Å². The highest BCUT2D eigenvalue weighted by Crippen LogP contribution is 2.38. The van der Waals surface area contributed by atoms with Crippen molar-refractivity contribution in [2.75, 3.05) is 18.1 Å². The molecule has 0 saturated carbocycles. The lowest BCUT2D eigenvalue weighted by Gasteiger charge is -2.34. The number of aryl methyl sites for hydroxylation is 1. The van der Waals surface area contributed by atoms with Crippen molar-refractivity contribution in [1.82, 2.24) is 20.3 Å². The summed E-state index contributed by atoms with van der Waals surface area (Å²) in [6.07, 6.45) is 3.06. The van der Waals surface area contributed by atoms with Gasteiger partial charge in [0.25, 0.3) is 0 Å². The molecule has 1 saturated heterocycles. The van der Waals surface area contributed by atoms with Crippen molar-refractivity contribution in [2.45, 2.75) is 36.8 Å². The molecule has 2 heterocycles. The minimum Gasteiger partial charge on any atom is -0.308 e. The third-order valence-electron chi connectivity index (χ3n) is 3.25. The van der Waals surface area contributed by atoms with Gasteiger partial charge in [-0.2, -0.15) is 23.5 Å². The maximum Gasteiger partial charge on any atom is 0.0764 e. The molecule has 18 heavy (non-hydrogen) atoms. The molecule has 1 aromatic rings. The van der Waals surface area contributed by atoms with Crippen LogP contribution in [0.15, 0.2) is 6.20 Å². The van der Waals surface area contributed by atoms with Gasteiger partial charge >= 0.3 is 0 Å². The molecule has 1 N–H and O–H groups in total. The van der Waals surface area contributed by atoms with Crippen molar-refractivity contribution in [3.05, 3.63) is 11.9 Å². The first-order chi connectivity index (χ1) is 8.74. The van der Waals surface area contributed by atoms with E-state index in [0.29, 0.717) is 16.5 Å². The van der Waals surface area contributed by atoms with E-state index in [1.54, 1.807) is 0 Å². The highest BCUT2D eigenvalue weighted by molar-refractivity contribution is 8.07. The molecule has 2 rings (SSSR count). The minimum absolute atomic E-state index is 0.359. The fourth-order valence-corrected chi connectivity index (χ4v) is 5.21. The third-order valence-corrected chi connectivity index (χ3v) is 6.44. The largest absolute Gasteiger partial charge is 0.308 e. The van der Waals surface area contributed by atoms with Crippen LogP contribution in [0.25, 0.3) is 0 Å². The van der Waals surface area contributed by atoms with Crippen LogP contribution in [0, 0.1) is 0 Å². The number of rotatable bonds is 5. The molecule has 102 valence electrons. The molecular formula is C12H22N4S2. The summed E-state index contributed by atoms with van der Waals surface area (Å²) in [5.74, 6) is 2.52. The predicted molar refractivity (Wildman–Crippen MR) is 80.2 cm³/mol. The summed E-state index contributed by atoms with van der Waals surface area (Å²) in [7, 11) is 1.98. The van der Waals surface area contributed by atoms with Gasteiger partial charge < -0.3 is 5.32 Å². The Balaban J connectivity index is 2.16. The van der Waals surface area contributed by atoms with Crippen molar-refractivity contribution in [3.63, 3.8) is 0 Å². The van der Waals surface area contributed by atoms with Crippen LogP contribution in [-0.2, 0) is 7.05 Å². The Labute approximate surface area is 118 Å². The first kappa shape index (κ1) is 14.2. The molecule has 3 atom stereocenters. The first-order valence-corrected chi connectivity index (χ1v) is 8.65. The second-order valence-corrected chi connectivity index (χ2v) is 7.40. The van der Waals surface area contributed by atoms with Crippen LogP contribution in [0.2, 0.25) is 0 Å². The van der Waals surface area contributed by atoms with Gasteiger partial charge in [-0.1, -0.05) is 19.1 Å². The monoisotopic (exact) mass is 286 g/mol. The fraction of sp³-hybridized carbons (Fsp3) is 0.833. The number of hydrogen-bond donors (Lipinski definition) is 1. The molecule has 0 aromatic carbocycles. The van der Waals surface area contributed by atoms with E-state index in [2.05, 4.69) is 53.0 Å².